The Labute approximate surface area is 275 Å². The Hall–Kier alpha value is -6.52. The standard InChI is InChI=1S/C44H26N4/c1-3-13-27(14-4-1)29-23-24-30-34-26-39-40(41-33-19-9-11-21-36(33)47(42(34)41)38(30)25-29)32-18-8-12-22-37(32)48(39)44-31-17-7-10-20-35(31)45-43(46-44)28-15-5-2-6-16-28/h1-26H. The van der Waals surface area contributed by atoms with E-state index in [1.54, 1.807) is 0 Å². The summed E-state index contributed by atoms with van der Waals surface area (Å²) < 4.78 is 4.86. The van der Waals surface area contributed by atoms with E-state index < -0.39 is 0 Å². The number of benzene rings is 7. The third-order valence-electron chi connectivity index (χ3n) is 10.0. The van der Waals surface area contributed by atoms with Gasteiger partial charge >= 0.3 is 0 Å². The molecular weight excluding hydrogens is 585 g/mol. The number of aromatic nitrogens is 4. The zero-order valence-corrected chi connectivity index (χ0v) is 25.8. The lowest BCUT2D eigenvalue weighted by molar-refractivity contribution is 1.08. The second-order valence-corrected chi connectivity index (χ2v) is 12.6. The maximum atomic E-state index is 5.35. The number of hydrogen-bond donors (Lipinski definition) is 0. The van der Waals surface area contributed by atoms with Crippen LogP contribution in [0.25, 0.3) is 99.1 Å². The largest absolute Gasteiger partial charge is 0.308 e. The van der Waals surface area contributed by atoms with Crippen LogP contribution in [0.4, 0.5) is 0 Å². The van der Waals surface area contributed by atoms with Crippen molar-refractivity contribution in [3.05, 3.63) is 158 Å². The van der Waals surface area contributed by atoms with Crippen LogP contribution in [0.1, 0.15) is 0 Å². The van der Waals surface area contributed by atoms with Gasteiger partial charge in [0.25, 0.3) is 0 Å². The van der Waals surface area contributed by atoms with Crippen molar-refractivity contribution in [1.82, 2.24) is 18.9 Å². The van der Waals surface area contributed by atoms with Crippen LogP contribution in [0, 0.1) is 0 Å². The Morgan fingerprint density at radius 1 is 0.375 bits per heavy atom. The summed E-state index contributed by atoms with van der Waals surface area (Å²) in [6, 6.07) is 56.3. The monoisotopic (exact) mass is 610 g/mol. The summed E-state index contributed by atoms with van der Waals surface area (Å²) in [4.78, 5) is 10.4. The molecule has 0 aliphatic carbocycles. The Kier molecular flexibility index (Phi) is 5.08. The summed E-state index contributed by atoms with van der Waals surface area (Å²) in [5, 5.41) is 8.52. The second-order valence-electron chi connectivity index (χ2n) is 12.6. The molecule has 4 nitrogen and oxygen atoms in total. The molecule has 0 radical (unpaired) electrons. The third-order valence-corrected chi connectivity index (χ3v) is 10.0. The van der Waals surface area contributed by atoms with E-state index in [1.165, 1.54) is 60.0 Å². The van der Waals surface area contributed by atoms with Gasteiger partial charge in [0.2, 0.25) is 0 Å². The quantitative estimate of drug-likeness (QED) is 0.199. The van der Waals surface area contributed by atoms with E-state index in [4.69, 9.17) is 9.97 Å². The number of para-hydroxylation sites is 3. The first-order valence-corrected chi connectivity index (χ1v) is 16.4. The minimum Gasteiger partial charge on any atom is -0.308 e. The van der Waals surface area contributed by atoms with Crippen molar-refractivity contribution >= 4 is 70.8 Å². The normalized spacial score (nSPS) is 12.2. The summed E-state index contributed by atoms with van der Waals surface area (Å²) in [6.45, 7) is 0. The van der Waals surface area contributed by atoms with Crippen LogP contribution in [0.2, 0.25) is 0 Å². The van der Waals surface area contributed by atoms with E-state index in [9.17, 15) is 0 Å². The minimum atomic E-state index is 0.719. The molecule has 4 heterocycles. The summed E-state index contributed by atoms with van der Waals surface area (Å²) in [7, 11) is 0. The smallest absolute Gasteiger partial charge is 0.162 e. The summed E-state index contributed by atoms with van der Waals surface area (Å²) >= 11 is 0. The molecule has 11 rings (SSSR count). The summed E-state index contributed by atoms with van der Waals surface area (Å²) in [5.74, 6) is 1.61. The zero-order valence-electron chi connectivity index (χ0n) is 25.8. The third kappa shape index (κ3) is 3.38. The van der Waals surface area contributed by atoms with Crippen molar-refractivity contribution in [2.45, 2.75) is 0 Å². The molecule has 0 aliphatic rings. The van der Waals surface area contributed by atoms with Gasteiger partial charge in [0.15, 0.2) is 5.82 Å². The molecule has 48 heavy (non-hydrogen) atoms. The van der Waals surface area contributed by atoms with Gasteiger partial charge in [-0.2, -0.15) is 0 Å². The average molecular weight is 611 g/mol. The topological polar surface area (TPSA) is 35.1 Å². The summed E-state index contributed by atoms with van der Waals surface area (Å²) in [5.41, 5.74) is 10.3. The molecule has 0 amide bonds. The highest BCUT2D eigenvalue weighted by Gasteiger charge is 2.25. The molecule has 11 aromatic rings. The maximum Gasteiger partial charge on any atom is 0.162 e. The fraction of sp³-hybridized carbons (Fsp3) is 0. The molecule has 7 aromatic carbocycles. The van der Waals surface area contributed by atoms with E-state index in [0.29, 0.717) is 0 Å². The molecular formula is C44H26N4. The lowest BCUT2D eigenvalue weighted by Gasteiger charge is -2.13. The summed E-state index contributed by atoms with van der Waals surface area (Å²) in [6.07, 6.45) is 0. The molecule has 0 spiro atoms. The molecule has 0 bridgehead atoms. The van der Waals surface area contributed by atoms with Gasteiger partial charge < -0.3 is 4.40 Å². The first-order chi connectivity index (χ1) is 23.8. The van der Waals surface area contributed by atoms with Gasteiger partial charge in [0.1, 0.15) is 5.82 Å². The average Bonchev–Trinajstić information content (AvgIpc) is 3.79. The zero-order chi connectivity index (χ0) is 31.3. The van der Waals surface area contributed by atoms with Gasteiger partial charge in [-0.05, 0) is 47.5 Å². The predicted octanol–water partition coefficient (Wildman–Crippen LogP) is 11.2. The molecule has 0 N–H and O–H groups in total. The van der Waals surface area contributed by atoms with E-state index in [2.05, 4.69) is 148 Å². The fourth-order valence-corrected chi connectivity index (χ4v) is 8.00. The Morgan fingerprint density at radius 3 is 1.81 bits per heavy atom. The minimum absolute atomic E-state index is 0.719. The molecule has 0 saturated carbocycles. The highest BCUT2D eigenvalue weighted by Crippen LogP contribution is 2.47. The van der Waals surface area contributed by atoms with Crippen LogP contribution < -0.4 is 0 Å². The van der Waals surface area contributed by atoms with E-state index in [1.807, 2.05) is 18.2 Å². The first kappa shape index (κ1) is 25.6. The fourth-order valence-electron chi connectivity index (χ4n) is 8.00. The van der Waals surface area contributed by atoms with Gasteiger partial charge in [-0.15, -0.1) is 0 Å². The van der Waals surface area contributed by atoms with Crippen LogP contribution in [0.5, 0.6) is 0 Å². The number of fused-ring (bicyclic) bond motifs is 11. The van der Waals surface area contributed by atoms with Crippen LogP contribution >= 0.6 is 0 Å². The van der Waals surface area contributed by atoms with E-state index in [-0.39, 0.29) is 0 Å². The molecule has 0 saturated heterocycles. The van der Waals surface area contributed by atoms with Crippen molar-refractivity contribution in [3.8, 4) is 28.3 Å². The highest BCUT2D eigenvalue weighted by atomic mass is 15.1. The van der Waals surface area contributed by atoms with Crippen LogP contribution in [-0.4, -0.2) is 18.9 Å². The van der Waals surface area contributed by atoms with Gasteiger partial charge in [-0.1, -0.05) is 121 Å². The second kappa shape index (κ2) is 9.50. The van der Waals surface area contributed by atoms with Crippen LogP contribution in [0.15, 0.2) is 158 Å². The number of rotatable bonds is 3. The Balaban J connectivity index is 1.34. The van der Waals surface area contributed by atoms with E-state index >= 15 is 0 Å². The molecule has 4 heteroatoms. The lowest BCUT2D eigenvalue weighted by Crippen LogP contribution is -2.02. The Morgan fingerprint density at radius 2 is 1.02 bits per heavy atom. The molecule has 0 atom stereocenters. The number of nitrogens with zero attached hydrogens (tertiary/aromatic N) is 4. The number of hydrogen-bond acceptors (Lipinski definition) is 2. The van der Waals surface area contributed by atoms with E-state index in [0.717, 1.165) is 39.1 Å². The maximum absolute atomic E-state index is 5.35. The van der Waals surface area contributed by atoms with Gasteiger partial charge in [0, 0.05) is 43.3 Å². The molecule has 4 aromatic heterocycles. The van der Waals surface area contributed by atoms with Crippen molar-refractivity contribution in [2.75, 3.05) is 0 Å². The van der Waals surface area contributed by atoms with Crippen molar-refractivity contribution < 1.29 is 0 Å². The molecule has 222 valence electrons. The van der Waals surface area contributed by atoms with Crippen LogP contribution in [0.3, 0.4) is 0 Å². The van der Waals surface area contributed by atoms with Crippen molar-refractivity contribution in [3.63, 3.8) is 0 Å². The molecule has 0 unspecified atom stereocenters. The van der Waals surface area contributed by atoms with Gasteiger partial charge in [0.05, 0.1) is 33.1 Å². The predicted molar refractivity (Wildman–Crippen MR) is 199 cm³/mol. The van der Waals surface area contributed by atoms with Gasteiger partial charge in [-0.3, -0.25) is 4.57 Å². The van der Waals surface area contributed by atoms with Gasteiger partial charge in [-0.25, -0.2) is 9.97 Å². The SMILES string of the molecule is c1ccc(-c2ccc3c4cc5c(c6ccccc6n5-c5nc(-c6ccccc6)nc6ccccc56)c5c6ccccc6n(c3c2)c45)cc1. The molecule has 0 aliphatic heterocycles. The first-order valence-electron chi connectivity index (χ1n) is 16.4. The van der Waals surface area contributed by atoms with Crippen molar-refractivity contribution in [1.29, 1.82) is 0 Å². The Bertz CT molecular complexity index is 3040. The van der Waals surface area contributed by atoms with Crippen molar-refractivity contribution in [2.24, 2.45) is 0 Å². The molecule has 0 fully saturated rings. The highest BCUT2D eigenvalue weighted by molar-refractivity contribution is 6.35. The van der Waals surface area contributed by atoms with Crippen LogP contribution in [-0.2, 0) is 0 Å². The lowest BCUT2D eigenvalue weighted by atomic mass is 10.0.